The molecule has 0 aliphatic rings. The maximum absolute atomic E-state index is 14.0. The number of aryl methyl sites for hydroxylation is 1. The van der Waals surface area contributed by atoms with Crippen LogP contribution in [-0.4, -0.2) is 27.5 Å². The van der Waals surface area contributed by atoms with Gasteiger partial charge in [-0.2, -0.15) is 0 Å². The summed E-state index contributed by atoms with van der Waals surface area (Å²) in [5, 5.41) is 16.9. The molecule has 0 atom stereocenters. The van der Waals surface area contributed by atoms with Gasteiger partial charge in [0.1, 0.15) is 15.5 Å². The molecule has 7 aromatic rings. The average molecular weight is 640 g/mol. The molecule has 3 heterocycles. The highest BCUT2D eigenvalue weighted by Crippen LogP contribution is 2.43. The third-order valence-electron chi connectivity index (χ3n) is 7.49. The van der Waals surface area contributed by atoms with Crippen LogP contribution in [0.2, 0.25) is 0 Å². The predicted molar refractivity (Wildman–Crippen MR) is 167 cm³/mol. The maximum Gasteiger partial charge on any atom is 0.573 e. The van der Waals surface area contributed by atoms with Crippen LogP contribution in [0, 0.1) is 6.92 Å². The van der Waals surface area contributed by atoms with Gasteiger partial charge in [0.05, 0.1) is 11.4 Å². The molecule has 0 spiro atoms. The number of hydrogen-bond acceptors (Lipinski definition) is 8. The van der Waals surface area contributed by atoms with Gasteiger partial charge in [0, 0.05) is 27.8 Å². The first-order valence-corrected chi connectivity index (χ1v) is 14.7. The maximum atomic E-state index is 14.0. The van der Waals surface area contributed by atoms with Crippen molar-refractivity contribution in [3.05, 3.63) is 113 Å². The van der Waals surface area contributed by atoms with E-state index in [1.807, 2.05) is 79.7 Å². The number of anilines is 1. The highest BCUT2D eigenvalue weighted by molar-refractivity contribution is 7.21. The van der Waals surface area contributed by atoms with Crippen molar-refractivity contribution in [2.24, 2.45) is 0 Å². The second-order valence-corrected chi connectivity index (χ2v) is 11.5. The lowest BCUT2D eigenvalue weighted by Gasteiger charge is -2.11. The van der Waals surface area contributed by atoms with Gasteiger partial charge in [0.25, 0.3) is 5.78 Å². The van der Waals surface area contributed by atoms with Gasteiger partial charge in [0.15, 0.2) is 0 Å². The summed E-state index contributed by atoms with van der Waals surface area (Å²) in [7, 11) is 0. The second-order valence-electron chi connectivity index (χ2n) is 10.5. The fraction of sp³-hybridized carbons (Fsp3) is 0.0588. The van der Waals surface area contributed by atoms with E-state index in [1.165, 1.54) is 12.1 Å². The quantitative estimate of drug-likeness (QED) is 0.141. The molecule has 0 aliphatic heterocycles. The minimum Gasteiger partial charge on any atom is -0.474 e. The molecule has 0 amide bonds. The summed E-state index contributed by atoms with van der Waals surface area (Å²) in [5.41, 5.74) is 10.9. The van der Waals surface area contributed by atoms with E-state index in [-0.39, 0.29) is 21.9 Å². The molecule has 7 rings (SSSR count). The van der Waals surface area contributed by atoms with Crippen LogP contribution >= 0.6 is 11.3 Å². The van der Waals surface area contributed by atoms with Crippen LogP contribution in [0.25, 0.3) is 49.1 Å². The zero-order valence-electron chi connectivity index (χ0n) is 23.9. The summed E-state index contributed by atoms with van der Waals surface area (Å²) in [5.74, 6) is -1.97. The third kappa shape index (κ3) is 5.18. The minimum absolute atomic E-state index is 0.0789. The molecule has 3 N–H and O–H groups in total. The first-order valence-electron chi connectivity index (χ1n) is 13.9. The number of aromatic nitrogens is 3. The Morgan fingerprint density at radius 3 is 2.41 bits per heavy atom. The van der Waals surface area contributed by atoms with Crippen LogP contribution in [0.5, 0.6) is 11.7 Å². The standard InChI is InChI=1S/C34H21F3N4O4S/c1-18-9-11-20(12-10-18)25-17-26(24-8-4-6-19-5-2-3-7-23(19)24)39-32-27(25)28(38)31(46-32)30(42)29-33(43)45-40-41(29)21-13-15-22(16-14-21)44-34(35,36)37/h2-17H,1H3,(H2-,38,40,42,43)/p+1. The molecule has 0 radical (unpaired) electrons. The molecular weight excluding hydrogens is 617 g/mol. The normalized spacial score (nSPS) is 11.7. The topological polar surface area (TPSA) is 115 Å². The number of aromatic hydroxyl groups is 1. The van der Waals surface area contributed by atoms with Crippen LogP contribution in [0.4, 0.5) is 18.9 Å². The highest BCUT2D eigenvalue weighted by Gasteiger charge is 2.38. The van der Waals surface area contributed by atoms with Gasteiger partial charge in [-0.05, 0) is 47.0 Å². The Kier molecular flexibility index (Phi) is 6.93. The Morgan fingerprint density at radius 1 is 0.957 bits per heavy atom. The number of ketones is 1. The van der Waals surface area contributed by atoms with E-state index in [4.69, 9.17) is 15.2 Å². The number of carbonyl (C=O) groups excluding carboxylic acids is 1. The van der Waals surface area contributed by atoms with E-state index in [0.29, 0.717) is 15.9 Å². The van der Waals surface area contributed by atoms with Crippen molar-refractivity contribution in [1.29, 1.82) is 0 Å². The number of fused-ring (bicyclic) bond motifs is 2. The molecule has 3 aromatic heterocycles. The van der Waals surface area contributed by atoms with E-state index in [9.17, 15) is 23.1 Å². The van der Waals surface area contributed by atoms with E-state index >= 15 is 0 Å². The van der Waals surface area contributed by atoms with E-state index < -0.39 is 23.8 Å². The average Bonchev–Trinajstić information content (AvgIpc) is 3.59. The van der Waals surface area contributed by atoms with Crippen molar-refractivity contribution in [3.8, 4) is 39.8 Å². The summed E-state index contributed by atoms with van der Waals surface area (Å²) < 4.78 is 47.8. The zero-order valence-corrected chi connectivity index (χ0v) is 24.7. The summed E-state index contributed by atoms with van der Waals surface area (Å²) in [6.45, 7) is 1.99. The van der Waals surface area contributed by atoms with Crippen molar-refractivity contribution in [1.82, 2.24) is 10.3 Å². The smallest absolute Gasteiger partial charge is 0.474 e. The largest absolute Gasteiger partial charge is 0.573 e. The minimum atomic E-state index is -4.88. The number of ether oxygens (including phenoxy) is 1. The Morgan fingerprint density at radius 2 is 1.67 bits per heavy atom. The van der Waals surface area contributed by atoms with E-state index in [0.717, 1.165) is 61.2 Å². The van der Waals surface area contributed by atoms with Gasteiger partial charge in [0.2, 0.25) is 11.0 Å². The number of thiophene rings is 1. The summed E-state index contributed by atoms with van der Waals surface area (Å²) in [4.78, 5) is 19.6. The summed E-state index contributed by atoms with van der Waals surface area (Å²) in [6.07, 6.45) is -4.88. The first-order chi connectivity index (χ1) is 22.1. The van der Waals surface area contributed by atoms with E-state index in [1.54, 1.807) is 0 Å². The lowest BCUT2D eigenvalue weighted by Crippen LogP contribution is -2.38. The predicted octanol–water partition coefficient (Wildman–Crippen LogP) is 7.77. The first kappa shape index (κ1) is 29.0. The van der Waals surface area contributed by atoms with Crippen molar-refractivity contribution in [2.75, 3.05) is 5.73 Å². The molecule has 0 aliphatic carbocycles. The number of alkyl halides is 3. The number of benzene rings is 4. The van der Waals surface area contributed by atoms with Gasteiger partial charge in [-0.1, -0.05) is 72.3 Å². The molecule has 0 unspecified atom stereocenters. The molecule has 12 heteroatoms. The number of nitrogens with two attached hydrogens (primary N) is 1. The van der Waals surface area contributed by atoms with E-state index in [2.05, 4.69) is 10.0 Å². The van der Waals surface area contributed by atoms with Crippen LogP contribution < -0.4 is 15.2 Å². The molecule has 0 fully saturated rings. The second kappa shape index (κ2) is 11.0. The fourth-order valence-electron chi connectivity index (χ4n) is 5.36. The number of halogens is 3. The van der Waals surface area contributed by atoms with Crippen molar-refractivity contribution < 1.29 is 37.0 Å². The van der Waals surface area contributed by atoms with Gasteiger partial charge >= 0.3 is 18.0 Å². The van der Waals surface area contributed by atoms with Crippen LogP contribution in [-0.2, 0) is 0 Å². The molecule has 46 heavy (non-hydrogen) atoms. The summed E-state index contributed by atoms with van der Waals surface area (Å²) >= 11 is 1.05. The number of nitrogen functional groups attached to an aromatic ring is 1. The lowest BCUT2D eigenvalue weighted by atomic mass is 9.96. The highest BCUT2D eigenvalue weighted by atomic mass is 32.1. The van der Waals surface area contributed by atoms with Crippen molar-refractivity contribution in [2.45, 2.75) is 13.3 Å². The van der Waals surface area contributed by atoms with Gasteiger partial charge in [-0.15, -0.1) is 24.5 Å². The Balaban J connectivity index is 1.38. The Hall–Kier alpha value is -5.75. The van der Waals surface area contributed by atoms with Gasteiger partial charge in [-0.3, -0.25) is 9.32 Å². The summed E-state index contributed by atoms with van der Waals surface area (Å²) in [6, 6.07) is 28.4. The number of carbonyl (C=O) groups is 1. The Labute approximate surface area is 262 Å². The lowest BCUT2D eigenvalue weighted by molar-refractivity contribution is -0.672. The molecule has 4 aromatic carbocycles. The van der Waals surface area contributed by atoms with Crippen molar-refractivity contribution in [3.63, 3.8) is 0 Å². The zero-order chi connectivity index (χ0) is 32.2. The number of pyridine rings is 1. The molecule has 228 valence electrons. The molecule has 0 saturated heterocycles. The molecule has 0 saturated carbocycles. The van der Waals surface area contributed by atoms with Gasteiger partial charge < -0.3 is 15.6 Å². The van der Waals surface area contributed by atoms with Crippen molar-refractivity contribution >= 4 is 43.8 Å². The molecule has 8 nitrogen and oxygen atoms in total. The van der Waals surface area contributed by atoms with Crippen LogP contribution in [0.3, 0.4) is 0 Å². The van der Waals surface area contributed by atoms with Gasteiger partial charge in [-0.25, -0.2) is 4.98 Å². The number of rotatable bonds is 6. The van der Waals surface area contributed by atoms with Crippen LogP contribution in [0.15, 0.2) is 102 Å². The third-order valence-corrected chi connectivity index (χ3v) is 8.58. The number of nitrogens with zero attached hydrogens (tertiary/aromatic N) is 3. The Bertz CT molecular complexity index is 2270. The molecular formula is C34H22F3N4O4S+. The molecule has 0 bridgehead atoms. The van der Waals surface area contributed by atoms with Crippen LogP contribution in [0.1, 0.15) is 20.9 Å². The fourth-order valence-corrected chi connectivity index (χ4v) is 6.42. The SMILES string of the molecule is Cc1ccc(-c2cc(-c3cccc4ccccc34)nc3sc(C(=O)c4c(O)on[n+]4-c4ccc(OC(F)(F)F)cc4)c(N)c23)cc1. The number of hydrogen-bond donors (Lipinski definition) is 2. The monoisotopic (exact) mass is 639 g/mol.